The number of carbonyl (C=O) groups is 1. The van der Waals surface area contributed by atoms with Crippen molar-refractivity contribution in [2.24, 2.45) is 5.73 Å². The molecule has 0 amide bonds. The molecule has 0 unspecified atom stereocenters. The average molecular weight is 209 g/mol. The second-order valence-electron chi connectivity index (χ2n) is 2.85. The fourth-order valence-corrected chi connectivity index (χ4v) is 0.834. The number of ketones is 1. The topological polar surface area (TPSA) is 144 Å². The molecule has 0 aromatic carbocycles. The lowest BCUT2D eigenvalue weighted by Crippen LogP contribution is -2.49. The SMILES string of the molecule is NCC(=O)[C@@H](O)[C@H](O)[C@H](O)[C@H](O)CO. The summed E-state index contributed by atoms with van der Waals surface area (Å²) in [5.41, 5.74) is 4.91. The first-order chi connectivity index (χ1) is 6.45. The zero-order valence-corrected chi connectivity index (χ0v) is 7.45. The maximum Gasteiger partial charge on any atom is 0.177 e. The van der Waals surface area contributed by atoms with E-state index in [1.54, 1.807) is 0 Å². The Bertz CT molecular complexity index is 187. The van der Waals surface area contributed by atoms with Crippen LogP contribution in [0.2, 0.25) is 0 Å². The molecule has 4 atom stereocenters. The van der Waals surface area contributed by atoms with Crippen LogP contribution in [-0.4, -0.2) is 68.9 Å². The molecule has 7 heteroatoms. The standard InChI is InChI=1S/C7H15NO6/c8-1-3(10)5(12)7(14)6(13)4(11)2-9/h4-7,9,11-14H,1-2,8H2/t4-,5-,6-,7+/m1/s1. The van der Waals surface area contributed by atoms with E-state index in [9.17, 15) is 4.79 Å². The Kier molecular flexibility index (Phi) is 5.77. The van der Waals surface area contributed by atoms with E-state index in [1.165, 1.54) is 0 Å². The largest absolute Gasteiger partial charge is 0.394 e. The summed E-state index contributed by atoms with van der Waals surface area (Å²) in [6, 6.07) is 0. The number of hydrogen-bond acceptors (Lipinski definition) is 7. The quantitative estimate of drug-likeness (QED) is 0.261. The summed E-state index contributed by atoms with van der Waals surface area (Å²) in [6.07, 6.45) is -7.15. The summed E-state index contributed by atoms with van der Waals surface area (Å²) in [5, 5.41) is 44.6. The summed E-state index contributed by atoms with van der Waals surface area (Å²) in [4.78, 5) is 10.8. The molecule has 0 aliphatic rings. The minimum atomic E-state index is -1.87. The van der Waals surface area contributed by atoms with Crippen molar-refractivity contribution in [1.29, 1.82) is 0 Å². The van der Waals surface area contributed by atoms with Crippen LogP contribution in [-0.2, 0) is 4.79 Å². The molecule has 0 spiro atoms. The molecule has 0 aliphatic carbocycles. The van der Waals surface area contributed by atoms with Crippen molar-refractivity contribution >= 4 is 5.78 Å². The van der Waals surface area contributed by atoms with Gasteiger partial charge in [-0.15, -0.1) is 0 Å². The minimum Gasteiger partial charge on any atom is -0.394 e. The van der Waals surface area contributed by atoms with Gasteiger partial charge in [-0.05, 0) is 0 Å². The molecule has 0 radical (unpaired) electrons. The third kappa shape index (κ3) is 3.29. The molecule has 0 aliphatic heterocycles. The van der Waals surface area contributed by atoms with Crippen LogP contribution in [0.4, 0.5) is 0 Å². The van der Waals surface area contributed by atoms with Gasteiger partial charge in [0.25, 0.3) is 0 Å². The van der Waals surface area contributed by atoms with E-state index in [0.717, 1.165) is 0 Å². The van der Waals surface area contributed by atoms with Crippen LogP contribution >= 0.6 is 0 Å². The van der Waals surface area contributed by atoms with Crippen LogP contribution in [0.25, 0.3) is 0 Å². The van der Waals surface area contributed by atoms with Gasteiger partial charge in [0, 0.05) is 0 Å². The van der Waals surface area contributed by atoms with E-state index in [2.05, 4.69) is 0 Å². The summed E-state index contributed by atoms with van der Waals surface area (Å²) >= 11 is 0. The monoisotopic (exact) mass is 209 g/mol. The summed E-state index contributed by atoms with van der Waals surface area (Å²) in [5.74, 6) is -0.860. The van der Waals surface area contributed by atoms with Gasteiger partial charge >= 0.3 is 0 Å². The number of carbonyl (C=O) groups excluding carboxylic acids is 1. The Hall–Kier alpha value is -0.570. The van der Waals surface area contributed by atoms with Gasteiger partial charge in [-0.3, -0.25) is 4.79 Å². The number of aliphatic hydroxyl groups is 5. The lowest BCUT2D eigenvalue weighted by Gasteiger charge is -2.24. The molecule has 84 valence electrons. The maximum absolute atomic E-state index is 10.8. The Morgan fingerprint density at radius 2 is 1.64 bits per heavy atom. The van der Waals surface area contributed by atoms with Gasteiger partial charge in [-0.25, -0.2) is 0 Å². The van der Waals surface area contributed by atoms with Crippen LogP contribution in [0, 0.1) is 0 Å². The fourth-order valence-electron chi connectivity index (χ4n) is 0.834. The summed E-state index contributed by atoms with van der Waals surface area (Å²) < 4.78 is 0. The average Bonchev–Trinajstić information content (AvgIpc) is 2.23. The highest BCUT2D eigenvalue weighted by molar-refractivity contribution is 5.85. The second-order valence-corrected chi connectivity index (χ2v) is 2.85. The van der Waals surface area contributed by atoms with E-state index in [4.69, 9.17) is 31.3 Å². The first-order valence-corrected chi connectivity index (χ1v) is 4.01. The third-order valence-corrected chi connectivity index (χ3v) is 1.79. The highest BCUT2D eigenvalue weighted by Crippen LogP contribution is 2.05. The predicted molar refractivity (Wildman–Crippen MR) is 45.2 cm³/mol. The number of rotatable bonds is 6. The molecular formula is C7H15NO6. The molecule has 0 heterocycles. The van der Waals surface area contributed by atoms with Crippen molar-refractivity contribution < 1.29 is 30.3 Å². The molecule has 0 aromatic heterocycles. The van der Waals surface area contributed by atoms with Crippen LogP contribution in [0.15, 0.2) is 0 Å². The van der Waals surface area contributed by atoms with E-state index >= 15 is 0 Å². The highest BCUT2D eigenvalue weighted by atomic mass is 16.4. The van der Waals surface area contributed by atoms with E-state index < -0.39 is 43.4 Å². The lowest BCUT2D eigenvalue weighted by atomic mass is 10.0. The molecule has 0 aromatic rings. The zero-order valence-electron chi connectivity index (χ0n) is 7.45. The molecule has 14 heavy (non-hydrogen) atoms. The van der Waals surface area contributed by atoms with E-state index in [0.29, 0.717) is 0 Å². The Balaban J connectivity index is 4.30. The van der Waals surface area contributed by atoms with Crippen molar-refractivity contribution in [3.8, 4) is 0 Å². The number of Topliss-reactive ketones (excluding diaryl/α,β-unsaturated/α-hetero) is 1. The lowest BCUT2D eigenvalue weighted by molar-refractivity contribution is -0.145. The van der Waals surface area contributed by atoms with Gasteiger partial charge < -0.3 is 31.3 Å². The molecular weight excluding hydrogens is 194 g/mol. The third-order valence-electron chi connectivity index (χ3n) is 1.79. The van der Waals surface area contributed by atoms with Crippen molar-refractivity contribution in [3.63, 3.8) is 0 Å². The Morgan fingerprint density at radius 3 is 2.00 bits per heavy atom. The van der Waals surface area contributed by atoms with Crippen molar-refractivity contribution in [3.05, 3.63) is 0 Å². The zero-order chi connectivity index (χ0) is 11.3. The van der Waals surface area contributed by atoms with Crippen molar-refractivity contribution in [2.75, 3.05) is 13.2 Å². The van der Waals surface area contributed by atoms with Gasteiger partial charge in [0.05, 0.1) is 13.2 Å². The molecule has 0 rings (SSSR count). The predicted octanol–water partition coefficient (Wildman–Crippen LogP) is -4.05. The second kappa shape index (κ2) is 6.02. The van der Waals surface area contributed by atoms with Crippen LogP contribution in [0.3, 0.4) is 0 Å². The van der Waals surface area contributed by atoms with Crippen molar-refractivity contribution in [1.82, 2.24) is 0 Å². The fraction of sp³-hybridized carbons (Fsp3) is 0.857. The molecule has 7 N–H and O–H groups in total. The summed E-state index contributed by atoms with van der Waals surface area (Å²) in [7, 11) is 0. The maximum atomic E-state index is 10.8. The van der Waals surface area contributed by atoms with E-state index in [-0.39, 0.29) is 0 Å². The van der Waals surface area contributed by atoms with Gasteiger partial charge in [-0.2, -0.15) is 0 Å². The van der Waals surface area contributed by atoms with Gasteiger partial charge in [0.1, 0.15) is 24.4 Å². The molecule has 0 saturated heterocycles. The highest BCUT2D eigenvalue weighted by Gasteiger charge is 2.33. The Morgan fingerprint density at radius 1 is 1.14 bits per heavy atom. The Labute approximate surface area is 80.4 Å². The molecule has 7 nitrogen and oxygen atoms in total. The number of nitrogens with two attached hydrogens (primary N) is 1. The molecule has 0 bridgehead atoms. The first-order valence-electron chi connectivity index (χ1n) is 4.01. The van der Waals surface area contributed by atoms with Gasteiger partial charge in [0.2, 0.25) is 0 Å². The summed E-state index contributed by atoms with van der Waals surface area (Å²) in [6.45, 7) is -1.28. The van der Waals surface area contributed by atoms with Crippen molar-refractivity contribution in [2.45, 2.75) is 24.4 Å². The molecule has 0 saturated carbocycles. The van der Waals surface area contributed by atoms with Crippen LogP contribution in [0.5, 0.6) is 0 Å². The van der Waals surface area contributed by atoms with Gasteiger partial charge in [0.15, 0.2) is 5.78 Å². The molecule has 0 fully saturated rings. The minimum absolute atomic E-state index is 0.486. The van der Waals surface area contributed by atoms with E-state index in [1.807, 2.05) is 0 Å². The number of hydrogen-bond donors (Lipinski definition) is 6. The van der Waals surface area contributed by atoms with Gasteiger partial charge in [-0.1, -0.05) is 0 Å². The van der Waals surface area contributed by atoms with Crippen LogP contribution in [0.1, 0.15) is 0 Å². The smallest absolute Gasteiger partial charge is 0.177 e. The normalized spacial score (nSPS) is 19.9. The number of aliphatic hydroxyl groups excluding tert-OH is 5. The van der Waals surface area contributed by atoms with Crippen LogP contribution < -0.4 is 5.73 Å². The first kappa shape index (κ1) is 13.4.